The smallest absolute Gasteiger partial charge is 0.341 e. The van der Waals surface area contributed by atoms with Crippen molar-refractivity contribution >= 4 is 28.6 Å². The fourth-order valence-corrected chi connectivity index (χ4v) is 1.79. The lowest BCUT2D eigenvalue weighted by atomic mass is 10.3. The molecule has 0 saturated carbocycles. The van der Waals surface area contributed by atoms with Crippen molar-refractivity contribution in [3.05, 3.63) is 51.7 Å². The number of rotatable bonds is 3. The van der Waals surface area contributed by atoms with E-state index in [9.17, 15) is 4.79 Å². The first-order chi connectivity index (χ1) is 8.16. The highest BCUT2D eigenvalue weighted by Gasteiger charge is 2.12. The normalized spacial score (nSPS) is 9.94. The van der Waals surface area contributed by atoms with E-state index in [-0.39, 0.29) is 11.4 Å². The average Bonchev–Trinajstić information content (AvgIpc) is 2.29. The zero-order chi connectivity index (χ0) is 12.3. The van der Waals surface area contributed by atoms with E-state index in [0.717, 1.165) is 3.57 Å². The minimum absolute atomic E-state index is 0.0476. The van der Waals surface area contributed by atoms with Crippen LogP contribution in [-0.2, 0) is 0 Å². The number of carboxylic acids is 1. The second-order valence-corrected chi connectivity index (χ2v) is 4.47. The predicted octanol–water partition coefficient (Wildman–Crippen LogP) is 3.18. The monoisotopic (exact) mass is 341 g/mol. The van der Waals surface area contributed by atoms with Gasteiger partial charge >= 0.3 is 5.97 Å². The number of hydrogen-bond donors (Lipinski definition) is 1. The van der Waals surface area contributed by atoms with Crippen molar-refractivity contribution in [1.82, 2.24) is 4.98 Å². The lowest BCUT2D eigenvalue weighted by molar-refractivity contribution is 0.0693. The van der Waals surface area contributed by atoms with Gasteiger partial charge in [-0.05, 0) is 52.9 Å². The topological polar surface area (TPSA) is 59.4 Å². The van der Waals surface area contributed by atoms with E-state index in [1.807, 2.05) is 12.1 Å². The van der Waals surface area contributed by atoms with Gasteiger partial charge in [0, 0.05) is 9.77 Å². The SMILES string of the molecule is O=C(O)c1cccnc1Oc1cccc(I)c1. The molecule has 2 aromatic rings. The van der Waals surface area contributed by atoms with Gasteiger partial charge in [-0.3, -0.25) is 0 Å². The van der Waals surface area contributed by atoms with Crippen LogP contribution in [0.3, 0.4) is 0 Å². The minimum atomic E-state index is -1.06. The molecule has 0 aliphatic rings. The first kappa shape index (κ1) is 11.8. The third-order valence-electron chi connectivity index (χ3n) is 2.01. The Morgan fingerprint density at radius 1 is 1.29 bits per heavy atom. The van der Waals surface area contributed by atoms with Crippen LogP contribution in [-0.4, -0.2) is 16.1 Å². The molecule has 0 saturated heterocycles. The van der Waals surface area contributed by atoms with Crippen molar-refractivity contribution in [2.45, 2.75) is 0 Å². The number of carbonyl (C=O) groups is 1. The summed E-state index contributed by atoms with van der Waals surface area (Å²) >= 11 is 2.15. The van der Waals surface area contributed by atoms with E-state index < -0.39 is 5.97 Å². The van der Waals surface area contributed by atoms with Crippen LogP contribution in [0.2, 0.25) is 0 Å². The molecule has 2 rings (SSSR count). The van der Waals surface area contributed by atoms with Gasteiger partial charge in [0.2, 0.25) is 5.88 Å². The Balaban J connectivity index is 2.33. The average molecular weight is 341 g/mol. The quantitative estimate of drug-likeness (QED) is 0.872. The minimum Gasteiger partial charge on any atom is -0.477 e. The Morgan fingerprint density at radius 2 is 2.12 bits per heavy atom. The Bertz CT molecular complexity index is 557. The molecule has 1 heterocycles. The maximum Gasteiger partial charge on any atom is 0.341 e. The summed E-state index contributed by atoms with van der Waals surface area (Å²) in [7, 11) is 0. The molecule has 86 valence electrons. The van der Waals surface area contributed by atoms with Gasteiger partial charge in [0.25, 0.3) is 0 Å². The van der Waals surface area contributed by atoms with Crippen LogP contribution in [0, 0.1) is 3.57 Å². The maximum atomic E-state index is 11.0. The highest BCUT2D eigenvalue weighted by Crippen LogP contribution is 2.24. The van der Waals surface area contributed by atoms with Gasteiger partial charge in [0.15, 0.2) is 0 Å². The Hall–Kier alpha value is -1.63. The zero-order valence-electron chi connectivity index (χ0n) is 8.63. The van der Waals surface area contributed by atoms with Crippen LogP contribution in [0.4, 0.5) is 0 Å². The number of ether oxygens (including phenoxy) is 1. The maximum absolute atomic E-state index is 11.0. The molecule has 1 N–H and O–H groups in total. The van der Waals surface area contributed by atoms with E-state index >= 15 is 0 Å². The second kappa shape index (κ2) is 5.13. The summed E-state index contributed by atoms with van der Waals surface area (Å²) in [6.07, 6.45) is 1.50. The van der Waals surface area contributed by atoms with Gasteiger partial charge in [-0.15, -0.1) is 0 Å². The lowest BCUT2D eigenvalue weighted by Gasteiger charge is -2.07. The Labute approximate surface area is 111 Å². The number of nitrogens with zero attached hydrogens (tertiary/aromatic N) is 1. The largest absolute Gasteiger partial charge is 0.477 e. The molecule has 5 heteroatoms. The molecule has 0 fully saturated rings. The van der Waals surface area contributed by atoms with Gasteiger partial charge in [-0.25, -0.2) is 9.78 Å². The third-order valence-corrected chi connectivity index (χ3v) is 2.68. The molecule has 0 radical (unpaired) electrons. The van der Waals surface area contributed by atoms with Crippen LogP contribution in [0.15, 0.2) is 42.6 Å². The molecule has 0 atom stereocenters. The van der Waals surface area contributed by atoms with Crippen molar-refractivity contribution in [3.63, 3.8) is 0 Å². The van der Waals surface area contributed by atoms with E-state index in [1.54, 1.807) is 18.2 Å². The summed E-state index contributed by atoms with van der Waals surface area (Å²) in [4.78, 5) is 14.9. The fraction of sp³-hybridized carbons (Fsp3) is 0. The number of carboxylic acid groups (broad SMARTS) is 1. The first-order valence-electron chi connectivity index (χ1n) is 4.78. The molecule has 0 spiro atoms. The van der Waals surface area contributed by atoms with Crippen LogP contribution >= 0.6 is 22.6 Å². The molecule has 1 aromatic carbocycles. The number of benzene rings is 1. The van der Waals surface area contributed by atoms with Crippen LogP contribution in [0.1, 0.15) is 10.4 Å². The van der Waals surface area contributed by atoms with Crippen LogP contribution in [0.25, 0.3) is 0 Å². The van der Waals surface area contributed by atoms with Crippen molar-refractivity contribution in [3.8, 4) is 11.6 Å². The number of halogens is 1. The van der Waals surface area contributed by atoms with Gasteiger partial charge in [0.1, 0.15) is 11.3 Å². The van der Waals surface area contributed by atoms with Gasteiger partial charge in [0.05, 0.1) is 0 Å². The van der Waals surface area contributed by atoms with E-state index in [2.05, 4.69) is 27.6 Å². The van der Waals surface area contributed by atoms with E-state index in [4.69, 9.17) is 9.84 Å². The number of pyridine rings is 1. The first-order valence-corrected chi connectivity index (χ1v) is 5.86. The molecule has 0 unspecified atom stereocenters. The highest BCUT2D eigenvalue weighted by atomic mass is 127. The summed E-state index contributed by atoms with van der Waals surface area (Å²) in [6.45, 7) is 0. The molecule has 0 aliphatic carbocycles. The lowest BCUT2D eigenvalue weighted by Crippen LogP contribution is -2.01. The molecule has 0 aliphatic heterocycles. The van der Waals surface area contributed by atoms with Gasteiger partial charge < -0.3 is 9.84 Å². The molecule has 17 heavy (non-hydrogen) atoms. The standard InChI is InChI=1S/C12H8INO3/c13-8-3-1-4-9(7-8)17-11-10(12(15)16)5-2-6-14-11/h1-7H,(H,15,16). The van der Waals surface area contributed by atoms with E-state index in [1.165, 1.54) is 12.3 Å². The summed E-state index contributed by atoms with van der Waals surface area (Å²) < 4.78 is 6.46. The summed E-state index contributed by atoms with van der Waals surface area (Å²) in [5.41, 5.74) is 0.0476. The van der Waals surface area contributed by atoms with Crippen LogP contribution in [0.5, 0.6) is 11.6 Å². The molecule has 1 aromatic heterocycles. The number of hydrogen-bond acceptors (Lipinski definition) is 3. The third kappa shape index (κ3) is 2.94. The number of aromatic nitrogens is 1. The van der Waals surface area contributed by atoms with E-state index in [0.29, 0.717) is 5.75 Å². The predicted molar refractivity (Wildman–Crippen MR) is 70.4 cm³/mol. The molecular formula is C12H8INO3. The summed E-state index contributed by atoms with van der Waals surface area (Å²) in [5.74, 6) is -0.390. The summed E-state index contributed by atoms with van der Waals surface area (Å²) in [6, 6.07) is 10.3. The Morgan fingerprint density at radius 3 is 2.82 bits per heavy atom. The van der Waals surface area contributed by atoms with Crippen molar-refractivity contribution < 1.29 is 14.6 Å². The highest BCUT2D eigenvalue weighted by molar-refractivity contribution is 14.1. The van der Waals surface area contributed by atoms with Crippen molar-refractivity contribution in [2.75, 3.05) is 0 Å². The molecule has 0 bridgehead atoms. The number of aromatic carboxylic acids is 1. The molecule has 4 nitrogen and oxygen atoms in total. The van der Waals surface area contributed by atoms with Crippen molar-refractivity contribution in [1.29, 1.82) is 0 Å². The van der Waals surface area contributed by atoms with Gasteiger partial charge in [-0.1, -0.05) is 6.07 Å². The second-order valence-electron chi connectivity index (χ2n) is 3.22. The zero-order valence-corrected chi connectivity index (χ0v) is 10.8. The molecular weight excluding hydrogens is 333 g/mol. The fourth-order valence-electron chi connectivity index (χ4n) is 1.28. The Kier molecular flexibility index (Phi) is 3.58. The van der Waals surface area contributed by atoms with Crippen LogP contribution < -0.4 is 4.74 Å². The molecule has 0 amide bonds. The summed E-state index contributed by atoms with van der Waals surface area (Å²) in [5, 5.41) is 8.98. The van der Waals surface area contributed by atoms with Crippen molar-refractivity contribution in [2.24, 2.45) is 0 Å². The van der Waals surface area contributed by atoms with Gasteiger partial charge in [-0.2, -0.15) is 0 Å².